The molecule has 1 N–H and O–H groups in total. The Bertz CT molecular complexity index is 423. The molecule has 3 heterocycles. The number of aromatic nitrogens is 1. The van der Waals surface area contributed by atoms with E-state index >= 15 is 0 Å². The average Bonchev–Trinajstić information content (AvgIpc) is 2.92. The maximum atomic E-state index is 8.67. The monoisotopic (exact) mass is 215 g/mol. The van der Waals surface area contributed by atoms with Gasteiger partial charge in [0.25, 0.3) is 0 Å². The number of anilines is 1. The molecule has 2 fully saturated rings. The summed E-state index contributed by atoms with van der Waals surface area (Å²) in [7, 11) is 0. The van der Waals surface area contributed by atoms with E-state index in [4.69, 9.17) is 10.00 Å². The molecule has 16 heavy (non-hydrogen) atoms. The van der Waals surface area contributed by atoms with Crippen molar-refractivity contribution in [2.24, 2.45) is 0 Å². The zero-order chi connectivity index (χ0) is 11.0. The molecule has 82 valence electrons. The summed E-state index contributed by atoms with van der Waals surface area (Å²) in [6.07, 6.45) is 5.81. The lowest BCUT2D eigenvalue weighted by molar-refractivity contribution is 0.102. The number of hydrogen-bond donors (Lipinski definition) is 1. The topological polar surface area (TPSA) is 57.9 Å². The number of pyridine rings is 1. The van der Waals surface area contributed by atoms with Crippen molar-refractivity contribution in [3.8, 4) is 6.07 Å². The van der Waals surface area contributed by atoms with Gasteiger partial charge < -0.3 is 10.1 Å². The summed E-state index contributed by atoms with van der Waals surface area (Å²) in [5.41, 5.74) is 0.592. The molecule has 0 saturated carbocycles. The van der Waals surface area contributed by atoms with E-state index in [0.717, 1.165) is 18.7 Å². The molecular weight excluding hydrogens is 202 g/mol. The van der Waals surface area contributed by atoms with Gasteiger partial charge in [-0.2, -0.15) is 5.26 Å². The third kappa shape index (κ3) is 1.63. The van der Waals surface area contributed by atoms with Crippen molar-refractivity contribution in [2.75, 3.05) is 5.32 Å². The molecule has 2 saturated heterocycles. The lowest BCUT2D eigenvalue weighted by Gasteiger charge is -2.20. The van der Waals surface area contributed by atoms with Crippen LogP contribution in [0.3, 0.4) is 0 Å². The molecule has 0 spiro atoms. The number of nitrogens with one attached hydrogen (secondary N) is 1. The summed E-state index contributed by atoms with van der Waals surface area (Å²) in [6, 6.07) is 6.08. The largest absolute Gasteiger partial charge is 0.373 e. The van der Waals surface area contributed by atoms with Gasteiger partial charge in [-0.3, -0.25) is 0 Å². The quantitative estimate of drug-likeness (QED) is 0.815. The average molecular weight is 215 g/mol. The summed E-state index contributed by atoms with van der Waals surface area (Å²) in [6.45, 7) is 0. The molecule has 2 aliphatic heterocycles. The molecule has 0 radical (unpaired) electrons. The fraction of sp³-hybridized carbons (Fsp3) is 0.500. The van der Waals surface area contributed by atoms with Crippen molar-refractivity contribution in [3.63, 3.8) is 0 Å². The van der Waals surface area contributed by atoms with Gasteiger partial charge in [0.2, 0.25) is 0 Å². The summed E-state index contributed by atoms with van der Waals surface area (Å²) < 4.78 is 5.76. The minimum absolute atomic E-state index is 0.349. The van der Waals surface area contributed by atoms with Crippen LogP contribution >= 0.6 is 0 Å². The normalized spacial score (nSPS) is 31.3. The second kappa shape index (κ2) is 3.76. The van der Waals surface area contributed by atoms with Gasteiger partial charge in [0.05, 0.1) is 23.8 Å². The third-order valence-electron chi connectivity index (χ3n) is 3.33. The van der Waals surface area contributed by atoms with Gasteiger partial charge in [-0.15, -0.1) is 0 Å². The van der Waals surface area contributed by atoms with Crippen LogP contribution in [-0.4, -0.2) is 23.2 Å². The van der Waals surface area contributed by atoms with Crippen LogP contribution < -0.4 is 5.32 Å². The Morgan fingerprint density at radius 1 is 1.44 bits per heavy atom. The van der Waals surface area contributed by atoms with Crippen molar-refractivity contribution in [3.05, 3.63) is 23.9 Å². The molecule has 1 aromatic heterocycles. The molecule has 2 aliphatic rings. The van der Waals surface area contributed by atoms with Crippen molar-refractivity contribution in [1.82, 2.24) is 4.98 Å². The van der Waals surface area contributed by atoms with Gasteiger partial charge in [-0.1, -0.05) is 0 Å². The number of ether oxygens (including phenoxy) is 1. The van der Waals surface area contributed by atoms with Gasteiger partial charge in [0.1, 0.15) is 11.9 Å². The lowest BCUT2D eigenvalue weighted by Crippen LogP contribution is -2.30. The molecule has 3 rings (SSSR count). The SMILES string of the molecule is N#Cc1ccc(N[C@@H]2C[C@H]3CC[C@H]2O3)nc1. The first-order valence-corrected chi connectivity index (χ1v) is 5.63. The van der Waals surface area contributed by atoms with Crippen LogP contribution in [0.5, 0.6) is 0 Å². The molecule has 1 aromatic rings. The molecule has 4 nitrogen and oxygen atoms in total. The second-order valence-corrected chi connectivity index (χ2v) is 4.40. The fourth-order valence-electron chi connectivity index (χ4n) is 2.53. The second-order valence-electron chi connectivity index (χ2n) is 4.40. The number of rotatable bonds is 2. The Hall–Kier alpha value is -1.60. The first-order valence-electron chi connectivity index (χ1n) is 5.63. The zero-order valence-corrected chi connectivity index (χ0v) is 8.89. The molecule has 0 aromatic carbocycles. The van der Waals surface area contributed by atoms with E-state index in [2.05, 4.69) is 16.4 Å². The van der Waals surface area contributed by atoms with E-state index < -0.39 is 0 Å². The minimum atomic E-state index is 0.349. The Morgan fingerprint density at radius 2 is 2.38 bits per heavy atom. The van der Waals surface area contributed by atoms with Crippen LogP contribution in [0, 0.1) is 11.3 Å². The van der Waals surface area contributed by atoms with Gasteiger partial charge in [0, 0.05) is 6.20 Å². The van der Waals surface area contributed by atoms with Gasteiger partial charge >= 0.3 is 0 Å². The van der Waals surface area contributed by atoms with Crippen LogP contribution in [0.2, 0.25) is 0 Å². The first kappa shape index (κ1) is 9.61. The summed E-state index contributed by atoms with van der Waals surface area (Å²) in [5, 5.41) is 12.0. The molecule has 4 heteroatoms. The Morgan fingerprint density at radius 3 is 2.94 bits per heavy atom. The maximum absolute atomic E-state index is 8.67. The van der Waals surface area contributed by atoms with E-state index in [1.807, 2.05) is 6.07 Å². The smallest absolute Gasteiger partial charge is 0.126 e. The highest BCUT2D eigenvalue weighted by molar-refractivity contribution is 5.40. The maximum Gasteiger partial charge on any atom is 0.126 e. The van der Waals surface area contributed by atoms with Crippen LogP contribution in [0.15, 0.2) is 18.3 Å². The fourth-order valence-corrected chi connectivity index (χ4v) is 2.53. The Balaban J connectivity index is 1.68. The summed E-state index contributed by atoms with van der Waals surface area (Å²) in [4.78, 5) is 4.21. The Labute approximate surface area is 94.2 Å². The number of fused-ring (bicyclic) bond motifs is 2. The van der Waals surface area contributed by atoms with Crippen LogP contribution in [-0.2, 0) is 4.74 Å². The van der Waals surface area contributed by atoms with Crippen LogP contribution in [0.25, 0.3) is 0 Å². The van der Waals surface area contributed by atoms with E-state index in [1.165, 1.54) is 6.42 Å². The minimum Gasteiger partial charge on any atom is -0.373 e. The predicted octanol–water partition coefficient (Wildman–Crippen LogP) is 1.69. The number of nitriles is 1. The van der Waals surface area contributed by atoms with E-state index in [-0.39, 0.29) is 0 Å². The highest BCUT2D eigenvalue weighted by Crippen LogP contribution is 2.35. The molecule has 0 aliphatic carbocycles. The molecule has 2 bridgehead atoms. The van der Waals surface area contributed by atoms with Crippen molar-refractivity contribution >= 4 is 5.82 Å². The highest BCUT2D eigenvalue weighted by Gasteiger charge is 2.40. The zero-order valence-electron chi connectivity index (χ0n) is 8.89. The van der Waals surface area contributed by atoms with E-state index in [9.17, 15) is 0 Å². The van der Waals surface area contributed by atoms with Crippen molar-refractivity contribution < 1.29 is 4.74 Å². The molecule has 3 atom stereocenters. The number of nitrogens with zero attached hydrogens (tertiary/aromatic N) is 2. The lowest BCUT2D eigenvalue weighted by atomic mass is 9.95. The van der Waals surface area contributed by atoms with E-state index in [1.54, 1.807) is 12.3 Å². The standard InChI is InChI=1S/C12H13N3O/c13-6-8-1-4-12(14-7-8)15-10-5-9-2-3-11(10)16-9/h1,4,7,9-11H,2-3,5H2,(H,14,15)/t9-,10-,11-/m1/s1. The van der Waals surface area contributed by atoms with Gasteiger partial charge in [0.15, 0.2) is 0 Å². The van der Waals surface area contributed by atoms with Gasteiger partial charge in [-0.25, -0.2) is 4.98 Å². The van der Waals surface area contributed by atoms with Gasteiger partial charge in [-0.05, 0) is 31.4 Å². The van der Waals surface area contributed by atoms with Crippen molar-refractivity contribution in [1.29, 1.82) is 5.26 Å². The Kier molecular flexibility index (Phi) is 2.26. The van der Waals surface area contributed by atoms with Crippen molar-refractivity contribution in [2.45, 2.75) is 37.5 Å². The predicted molar refractivity (Wildman–Crippen MR) is 58.9 cm³/mol. The molecule has 0 unspecified atom stereocenters. The van der Waals surface area contributed by atoms with Crippen LogP contribution in [0.4, 0.5) is 5.82 Å². The first-order chi connectivity index (χ1) is 7.85. The molecular formula is C12H13N3O. The third-order valence-corrected chi connectivity index (χ3v) is 3.33. The summed E-state index contributed by atoms with van der Waals surface area (Å²) >= 11 is 0. The number of hydrogen-bond acceptors (Lipinski definition) is 4. The van der Waals surface area contributed by atoms with Crippen LogP contribution in [0.1, 0.15) is 24.8 Å². The highest BCUT2D eigenvalue weighted by atomic mass is 16.5. The summed E-state index contributed by atoms with van der Waals surface area (Å²) in [5.74, 6) is 0.833. The molecule has 0 amide bonds. The van der Waals surface area contributed by atoms with E-state index in [0.29, 0.717) is 23.8 Å².